The molecule has 1 unspecified atom stereocenters. The van der Waals surface area contributed by atoms with Gasteiger partial charge in [0.25, 0.3) is 0 Å². The first-order valence-corrected chi connectivity index (χ1v) is 8.26. The van der Waals surface area contributed by atoms with Crippen LogP contribution in [-0.4, -0.2) is 44.6 Å². The van der Waals surface area contributed by atoms with E-state index in [1.807, 2.05) is 0 Å². The average molecular weight is 355 g/mol. The van der Waals surface area contributed by atoms with Crippen LogP contribution in [0.2, 0.25) is 5.02 Å². The van der Waals surface area contributed by atoms with E-state index in [-0.39, 0.29) is 18.0 Å². The van der Waals surface area contributed by atoms with Crippen molar-refractivity contribution in [3.05, 3.63) is 34.9 Å². The van der Waals surface area contributed by atoms with Gasteiger partial charge in [0.1, 0.15) is 0 Å². The van der Waals surface area contributed by atoms with Crippen molar-refractivity contribution in [1.29, 1.82) is 0 Å². The predicted octanol–water partition coefficient (Wildman–Crippen LogP) is 2.40. The lowest BCUT2D eigenvalue weighted by Crippen LogP contribution is -2.38. The molecular formula is C15H15ClN2O4S. The van der Waals surface area contributed by atoms with Gasteiger partial charge < -0.3 is 5.11 Å². The van der Waals surface area contributed by atoms with Crippen LogP contribution in [0.1, 0.15) is 25.3 Å². The van der Waals surface area contributed by atoms with Crippen molar-refractivity contribution in [2.45, 2.75) is 25.8 Å². The average Bonchev–Trinajstić information content (AvgIpc) is 2.92. The Kier molecular flexibility index (Phi) is 5.79. The number of carboxylic acids is 1. The molecule has 0 saturated carbocycles. The summed E-state index contributed by atoms with van der Waals surface area (Å²) in [6.07, 6.45) is 0.182. The van der Waals surface area contributed by atoms with Gasteiger partial charge in [-0.25, -0.2) is 9.80 Å². The summed E-state index contributed by atoms with van der Waals surface area (Å²) < 4.78 is 0. The van der Waals surface area contributed by atoms with Crippen LogP contribution in [0.25, 0.3) is 0 Å². The second-order valence-electron chi connectivity index (χ2n) is 4.94. The molecule has 8 heteroatoms. The fourth-order valence-electron chi connectivity index (χ4n) is 2.17. The zero-order valence-corrected chi connectivity index (χ0v) is 13.9. The van der Waals surface area contributed by atoms with Crippen LogP contribution in [-0.2, 0) is 14.4 Å². The fraction of sp³-hybridized carbons (Fsp3) is 0.333. The van der Waals surface area contributed by atoms with Gasteiger partial charge in [-0.15, -0.1) is 0 Å². The number of aliphatic carboxylic acids is 1. The maximum absolute atomic E-state index is 12.2. The highest BCUT2D eigenvalue weighted by atomic mass is 35.5. The van der Waals surface area contributed by atoms with Gasteiger partial charge in [0.2, 0.25) is 5.91 Å². The van der Waals surface area contributed by atoms with Crippen molar-refractivity contribution in [2.24, 2.45) is 5.10 Å². The lowest BCUT2D eigenvalue weighted by atomic mass is 10.0. The van der Waals surface area contributed by atoms with E-state index in [0.717, 1.165) is 16.8 Å². The van der Waals surface area contributed by atoms with Gasteiger partial charge in [-0.2, -0.15) is 5.10 Å². The van der Waals surface area contributed by atoms with E-state index in [1.54, 1.807) is 24.3 Å². The summed E-state index contributed by atoms with van der Waals surface area (Å²) in [6.45, 7) is 1.42. The van der Waals surface area contributed by atoms with Crippen LogP contribution in [0.5, 0.6) is 0 Å². The molecule has 1 heterocycles. The maximum Gasteiger partial charge on any atom is 0.329 e. The van der Waals surface area contributed by atoms with Gasteiger partial charge in [-0.05, 0) is 17.7 Å². The van der Waals surface area contributed by atoms with Crippen molar-refractivity contribution < 1.29 is 19.5 Å². The highest BCUT2D eigenvalue weighted by Crippen LogP contribution is 2.23. The topological polar surface area (TPSA) is 87.0 Å². The molecule has 1 aromatic rings. The van der Waals surface area contributed by atoms with Crippen LogP contribution in [0.15, 0.2) is 29.4 Å². The Morgan fingerprint density at radius 3 is 2.78 bits per heavy atom. The summed E-state index contributed by atoms with van der Waals surface area (Å²) in [5, 5.41) is 14.9. The Morgan fingerprint density at radius 1 is 1.43 bits per heavy atom. The van der Waals surface area contributed by atoms with Gasteiger partial charge in [-0.1, -0.05) is 35.5 Å². The minimum atomic E-state index is -1.11. The number of amides is 1. The number of hydrogen-bond acceptors (Lipinski definition) is 5. The smallest absolute Gasteiger partial charge is 0.329 e. The van der Waals surface area contributed by atoms with E-state index >= 15 is 0 Å². The number of carbonyl (C=O) groups excluding carboxylic acids is 2. The lowest BCUT2D eigenvalue weighted by molar-refractivity contribution is -0.148. The molecule has 0 fully saturated rings. The van der Waals surface area contributed by atoms with Gasteiger partial charge in [0, 0.05) is 30.5 Å². The molecule has 1 aromatic carbocycles. The zero-order valence-electron chi connectivity index (χ0n) is 12.4. The van der Waals surface area contributed by atoms with Crippen LogP contribution < -0.4 is 0 Å². The van der Waals surface area contributed by atoms with Crippen LogP contribution in [0.3, 0.4) is 0 Å². The third-order valence-electron chi connectivity index (χ3n) is 3.23. The molecule has 0 saturated heterocycles. The molecule has 0 aliphatic carbocycles. The van der Waals surface area contributed by atoms with E-state index in [4.69, 9.17) is 11.6 Å². The summed E-state index contributed by atoms with van der Waals surface area (Å²) in [5.41, 5.74) is 1.20. The second-order valence-corrected chi connectivity index (χ2v) is 6.65. The molecule has 1 atom stereocenters. The van der Waals surface area contributed by atoms with Crippen LogP contribution in [0, 0.1) is 0 Å². The summed E-state index contributed by atoms with van der Waals surface area (Å²) in [5.74, 6) is -1.22. The normalized spacial score (nSPS) is 17.0. The molecule has 1 N–H and O–H groups in total. The highest BCUT2D eigenvalue weighted by Gasteiger charge is 2.36. The van der Waals surface area contributed by atoms with E-state index in [9.17, 15) is 19.5 Å². The highest BCUT2D eigenvalue weighted by molar-refractivity contribution is 8.13. The molecule has 0 bridgehead atoms. The monoisotopic (exact) mass is 354 g/mol. The molecule has 1 amide bonds. The van der Waals surface area contributed by atoms with E-state index in [2.05, 4.69) is 5.10 Å². The predicted molar refractivity (Wildman–Crippen MR) is 88.6 cm³/mol. The van der Waals surface area contributed by atoms with Crippen molar-refractivity contribution >= 4 is 46.1 Å². The Hall–Kier alpha value is -1.86. The maximum atomic E-state index is 12.2. The van der Waals surface area contributed by atoms with Gasteiger partial charge >= 0.3 is 5.97 Å². The number of carbonyl (C=O) groups is 3. The first-order chi connectivity index (χ1) is 10.9. The van der Waals surface area contributed by atoms with Crippen molar-refractivity contribution in [3.63, 3.8) is 0 Å². The summed E-state index contributed by atoms with van der Waals surface area (Å²) >= 11 is 6.96. The molecular weight excluding hydrogens is 340 g/mol. The van der Waals surface area contributed by atoms with Crippen molar-refractivity contribution in [1.82, 2.24) is 5.01 Å². The molecule has 122 valence electrons. The Labute approximate surface area is 142 Å². The van der Waals surface area contributed by atoms with Gasteiger partial charge in [0.15, 0.2) is 11.2 Å². The number of halogens is 1. The summed E-state index contributed by atoms with van der Waals surface area (Å²) in [7, 11) is 0. The first-order valence-electron chi connectivity index (χ1n) is 6.90. The molecule has 0 aromatic heterocycles. The minimum absolute atomic E-state index is 0.0559. The molecule has 23 heavy (non-hydrogen) atoms. The van der Waals surface area contributed by atoms with E-state index < -0.39 is 17.9 Å². The number of thioether (sulfide) groups is 1. The van der Waals surface area contributed by atoms with Gasteiger partial charge in [-0.3, -0.25) is 9.59 Å². The number of rotatable bonds is 5. The second kappa shape index (κ2) is 7.61. The quantitative estimate of drug-likeness (QED) is 0.877. The Bertz CT molecular complexity index is 677. The third-order valence-corrected chi connectivity index (χ3v) is 4.28. The van der Waals surface area contributed by atoms with Crippen molar-refractivity contribution in [2.75, 3.05) is 5.75 Å². The molecule has 6 nitrogen and oxygen atoms in total. The number of hydrogen-bond donors (Lipinski definition) is 1. The molecule has 1 aliphatic rings. The standard InChI is InChI=1S/C15H15ClN2O4S/c1-9(19)23-6-5-14(20)18-13(15(21)22)8-12(17-18)10-3-2-4-11(16)7-10/h2-4,7,13H,5-6,8H2,1H3,(H,21,22). The number of carboxylic acid groups (broad SMARTS) is 1. The molecule has 1 aliphatic heterocycles. The molecule has 0 radical (unpaired) electrons. The van der Waals surface area contributed by atoms with E-state index in [0.29, 0.717) is 22.1 Å². The van der Waals surface area contributed by atoms with E-state index in [1.165, 1.54) is 6.92 Å². The Morgan fingerprint density at radius 2 is 2.17 bits per heavy atom. The minimum Gasteiger partial charge on any atom is -0.480 e. The number of nitrogens with zero attached hydrogens (tertiary/aromatic N) is 2. The fourth-order valence-corrected chi connectivity index (χ4v) is 2.93. The largest absolute Gasteiger partial charge is 0.480 e. The molecule has 0 spiro atoms. The number of benzene rings is 1. The Balaban J connectivity index is 2.16. The lowest BCUT2D eigenvalue weighted by Gasteiger charge is -2.17. The van der Waals surface area contributed by atoms with Crippen LogP contribution >= 0.6 is 23.4 Å². The molecule has 2 rings (SSSR count). The first kappa shape index (κ1) is 17.5. The zero-order chi connectivity index (χ0) is 17.0. The summed E-state index contributed by atoms with van der Waals surface area (Å²) in [4.78, 5) is 34.5. The third kappa shape index (κ3) is 4.56. The summed E-state index contributed by atoms with van der Waals surface area (Å²) in [6, 6.07) is 5.86. The SMILES string of the molecule is CC(=O)SCCC(=O)N1N=C(c2cccc(Cl)c2)CC1C(=O)O. The van der Waals surface area contributed by atoms with Gasteiger partial charge in [0.05, 0.1) is 5.71 Å². The van der Waals surface area contributed by atoms with Crippen molar-refractivity contribution in [3.8, 4) is 0 Å². The number of hydrazone groups is 1. The van der Waals surface area contributed by atoms with Crippen LogP contribution in [0.4, 0.5) is 0 Å².